The highest BCUT2D eigenvalue weighted by atomic mass is 32.1. The first-order chi connectivity index (χ1) is 7.86. The van der Waals surface area contributed by atoms with Crippen LogP contribution in [0.4, 0.5) is 18.3 Å². The third-order valence-corrected chi connectivity index (χ3v) is 3.08. The largest absolute Gasteiger partial charge is 0.416 e. The number of benzene rings is 1. The first kappa shape index (κ1) is 12.2. The highest BCUT2D eigenvalue weighted by molar-refractivity contribution is 7.22. The normalized spacial score (nSPS) is 12.4. The van der Waals surface area contributed by atoms with Crippen LogP contribution in [0.3, 0.4) is 0 Å². The molecule has 17 heavy (non-hydrogen) atoms. The molecule has 0 spiro atoms. The van der Waals surface area contributed by atoms with E-state index in [-0.39, 0.29) is 6.04 Å². The Balaban J connectivity index is 2.41. The van der Waals surface area contributed by atoms with Gasteiger partial charge in [0.15, 0.2) is 5.13 Å². The summed E-state index contributed by atoms with van der Waals surface area (Å²) in [4.78, 5) is 4.22. The van der Waals surface area contributed by atoms with Gasteiger partial charge in [-0.15, -0.1) is 0 Å². The molecule has 0 fully saturated rings. The average molecular weight is 260 g/mol. The zero-order valence-electron chi connectivity index (χ0n) is 9.30. The molecule has 6 heteroatoms. The van der Waals surface area contributed by atoms with Gasteiger partial charge in [0.2, 0.25) is 0 Å². The standard InChI is InChI=1S/C11H11F3N2S/c1-6(2)15-10-16-8-4-3-7(11(12,13)14)5-9(8)17-10/h3-6H,1-2H3,(H,15,16). The molecule has 0 amide bonds. The lowest BCUT2D eigenvalue weighted by molar-refractivity contribution is -0.137. The number of aromatic nitrogens is 1. The summed E-state index contributed by atoms with van der Waals surface area (Å²) in [6.45, 7) is 3.90. The second kappa shape index (κ2) is 4.18. The van der Waals surface area contributed by atoms with Gasteiger partial charge < -0.3 is 5.32 Å². The van der Waals surface area contributed by atoms with Crippen LogP contribution in [0.5, 0.6) is 0 Å². The number of halogens is 3. The molecule has 92 valence electrons. The molecule has 0 radical (unpaired) electrons. The zero-order valence-corrected chi connectivity index (χ0v) is 10.1. The highest BCUT2D eigenvalue weighted by Crippen LogP contribution is 2.34. The van der Waals surface area contributed by atoms with Gasteiger partial charge in [-0.1, -0.05) is 11.3 Å². The fraction of sp³-hybridized carbons (Fsp3) is 0.364. The van der Waals surface area contributed by atoms with Crippen molar-refractivity contribution in [2.45, 2.75) is 26.1 Å². The number of rotatable bonds is 2. The molecular weight excluding hydrogens is 249 g/mol. The molecule has 0 saturated heterocycles. The van der Waals surface area contributed by atoms with Crippen molar-refractivity contribution in [3.63, 3.8) is 0 Å². The van der Waals surface area contributed by atoms with Crippen LogP contribution < -0.4 is 5.32 Å². The number of alkyl halides is 3. The van der Waals surface area contributed by atoms with E-state index in [0.717, 1.165) is 12.1 Å². The fourth-order valence-electron chi connectivity index (χ4n) is 1.41. The van der Waals surface area contributed by atoms with Gasteiger partial charge in [-0.2, -0.15) is 13.2 Å². The average Bonchev–Trinajstić information content (AvgIpc) is 2.55. The van der Waals surface area contributed by atoms with Crippen LogP contribution in [0.15, 0.2) is 18.2 Å². The van der Waals surface area contributed by atoms with Crippen molar-refractivity contribution in [1.82, 2.24) is 4.98 Å². The Kier molecular flexibility index (Phi) is 2.99. The molecule has 2 nitrogen and oxygen atoms in total. The molecule has 0 unspecified atom stereocenters. The maximum atomic E-state index is 12.5. The molecule has 0 bridgehead atoms. The SMILES string of the molecule is CC(C)Nc1nc2ccc(C(F)(F)F)cc2s1. The van der Waals surface area contributed by atoms with Crippen molar-refractivity contribution in [3.05, 3.63) is 23.8 Å². The molecule has 2 aromatic rings. The number of nitrogens with zero attached hydrogens (tertiary/aromatic N) is 1. The lowest BCUT2D eigenvalue weighted by Crippen LogP contribution is -2.08. The number of thiazole rings is 1. The van der Waals surface area contributed by atoms with Crippen LogP contribution in [0, 0.1) is 0 Å². The summed E-state index contributed by atoms with van der Waals surface area (Å²) in [6, 6.07) is 3.80. The smallest absolute Gasteiger partial charge is 0.359 e. The molecule has 0 aliphatic heterocycles. The third kappa shape index (κ3) is 2.69. The minimum atomic E-state index is -4.30. The molecule has 0 aliphatic carbocycles. The third-order valence-electron chi connectivity index (χ3n) is 2.13. The summed E-state index contributed by atoms with van der Waals surface area (Å²) in [5.74, 6) is 0. The monoisotopic (exact) mass is 260 g/mol. The van der Waals surface area contributed by atoms with Crippen molar-refractivity contribution in [2.24, 2.45) is 0 Å². The van der Waals surface area contributed by atoms with Crippen molar-refractivity contribution in [3.8, 4) is 0 Å². The number of hydrogen-bond acceptors (Lipinski definition) is 3. The second-order valence-electron chi connectivity index (χ2n) is 4.00. The Bertz CT molecular complexity index is 531. The van der Waals surface area contributed by atoms with Crippen LogP contribution >= 0.6 is 11.3 Å². The molecular formula is C11H11F3N2S. The van der Waals surface area contributed by atoms with E-state index >= 15 is 0 Å². The van der Waals surface area contributed by atoms with Gasteiger partial charge in [0.25, 0.3) is 0 Å². The number of anilines is 1. The van der Waals surface area contributed by atoms with Gasteiger partial charge in [0, 0.05) is 6.04 Å². The second-order valence-corrected chi connectivity index (χ2v) is 5.03. The summed E-state index contributed by atoms with van der Waals surface area (Å²) < 4.78 is 38.0. The van der Waals surface area contributed by atoms with E-state index in [9.17, 15) is 13.2 Å². The molecule has 1 N–H and O–H groups in total. The van der Waals surface area contributed by atoms with E-state index in [0.29, 0.717) is 15.3 Å². The quantitative estimate of drug-likeness (QED) is 0.878. The van der Waals surface area contributed by atoms with Gasteiger partial charge in [-0.25, -0.2) is 4.98 Å². The molecule has 0 aliphatic rings. The first-order valence-corrected chi connectivity index (χ1v) is 5.92. The first-order valence-electron chi connectivity index (χ1n) is 5.10. The van der Waals surface area contributed by atoms with E-state index < -0.39 is 11.7 Å². The van der Waals surface area contributed by atoms with E-state index in [1.807, 2.05) is 13.8 Å². The molecule has 2 rings (SSSR count). The summed E-state index contributed by atoms with van der Waals surface area (Å²) >= 11 is 1.23. The molecule has 1 aromatic carbocycles. The van der Waals surface area contributed by atoms with Crippen molar-refractivity contribution in [2.75, 3.05) is 5.32 Å². The number of fused-ring (bicyclic) bond motifs is 1. The van der Waals surface area contributed by atoms with Crippen molar-refractivity contribution >= 4 is 26.7 Å². The van der Waals surface area contributed by atoms with Crippen LogP contribution in [0.25, 0.3) is 10.2 Å². The number of nitrogens with one attached hydrogen (secondary N) is 1. The Morgan fingerprint density at radius 1 is 1.29 bits per heavy atom. The van der Waals surface area contributed by atoms with Crippen LogP contribution in [0.1, 0.15) is 19.4 Å². The minimum Gasteiger partial charge on any atom is -0.359 e. The molecule has 0 atom stereocenters. The molecule has 1 aromatic heterocycles. The predicted octanol–water partition coefficient (Wildman–Crippen LogP) is 4.14. The highest BCUT2D eigenvalue weighted by Gasteiger charge is 2.30. The Morgan fingerprint density at radius 3 is 2.59 bits per heavy atom. The van der Waals surface area contributed by atoms with E-state index in [2.05, 4.69) is 10.3 Å². The lowest BCUT2D eigenvalue weighted by Gasteiger charge is -2.04. The molecule has 1 heterocycles. The minimum absolute atomic E-state index is 0.206. The van der Waals surface area contributed by atoms with Crippen molar-refractivity contribution < 1.29 is 13.2 Å². The van der Waals surface area contributed by atoms with Crippen LogP contribution in [-0.2, 0) is 6.18 Å². The van der Waals surface area contributed by atoms with Crippen molar-refractivity contribution in [1.29, 1.82) is 0 Å². The van der Waals surface area contributed by atoms with E-state index in [1.165, 1.54) is 17.4 Å². The summed E-state index contributed by atoms with van der Waals surface area (Å²) in [5.41, 5.74) is -0.0455. The maximum absolute atomic E-state index is 12.5. The van der Waals surface area contributed by atoms with E-state index in [1.54, 1.807) is 0 Å². The summed E-state index contributed by atoms with van der Waals surface area (Å²) in [6.07, 6.45) is -4.30. The van der Waals surface area contributed by atoms with Gasteiger partial charge in [0.05, 0.1) is 15.8 Å². The summed E-state index contributed by atoms with van der Waals surface area (Å²) in [7, 11) is 0. The Hall–Kier alpha value is -1.30. The lowest BCUT2D eigenvalue weighted by atomic mass is 10.2. The van der Waals surface area contributed by atoms with Gasteiger partial charge in [0.1, 0.15) is 0 Å². The van der Waals surface area contributed by atoms with E-state index in [4.69, 9.17) is 0 Å². The topological polar surface area (TPSA) is 24.9 Å². The predicted molar refractivity (Wildman–Crippen MR) is 63.4 cm³/mol. The number of hydrogen-bond donors (Lipinski definition) is 1. The summed E-state index contributed by atoms with van der Waals surface area (Å²) in [5, 5.41) is 3.73. The van der Waals surface area contributed by atoms with Gasteiger partial charge in [-0.05, 0) is 32.0 Å². The van der Waals surface area contributed by atoms with Gasteiger partial charge in [-0.3, -0.25) is 0 Å². The Morgan fingerprint density at radius 2 is 2.00 bits per heavy atom. The Labute approximate surface area is 100 Å². The van der Waals surface area contributed by atoms with Gasteiger partial charge >= 0.3 is 6.18 Å². The maximum Gasteiger partial charge on any atom is 0.416 e. The fourth-order valence-corrected chi connectivity index (χ4v) is 2.46. The zero-order chi connectivity index (χ0) is 12.6. The molecule has 0 saturated carbocycles. The van der Waals surface area contributed by atoms with Crippen LogP contribution in [-0.4, -0.2) is 11.0 Å². The van der Waals surface area contributed by atoms with Crippen LogP contribution in [0.2, 0.25) is 0 Å².